The van der Waals surface area contributed by atoms with Crippen LogP contribution in [0.2, 0.25) is 0 Å². The molecule has 0 aliphatic heterocycles. The Morgan fingerprint density at radius 1 is 1.35 bits per heavy atom. The number of aromatic nitrogens is 4. The molecule has 0 bridgehead atoms. The molecule has 26 heavy (non-hydrogen) atoms. The molecule has 2 heterocycles. The quantitative estimate of drug-likeness (QED) is 0.651. The molecule has 0 fully saturated rings. The minimum Gasteiger partial charge on any atom is -0.302 e. The van der Waals surface area contributed by atoms with Gasteiger partial charge in [-0.15, -0.1) is 16.4 Å². The summed E-state index contributed by atoms with van der Waals surface area (Å²) in [5.41, 5.74) is 1.23. The molecule has 0 saturated carbocycles. The number of carbonyl (C=O) groups is 1. The molecule has 0 radical (unpaired) electrons. The van der Waals surface area contributed by atoms with Gasteiger partial charge in [0.15, 0.2) is 5.13 Å². The summed E-state index contributed by atoms with van der Waals surface area (Å²) in [5, 5.41) is 13.2. The second kappa shape index (κ2) is 7.48. The van der Waals surface area contributed by atoms with Crippen molar-refractivity contribution in [2.45, 2.75) is 24.3 Å². The highest BCUT2D eigenvalue weighted by Crippen LogP contribution is 2.19. The largest absolute Gasteiger partial charge is 0.302 e. The monoisotopic (exact) mass is 394 g/mol. The number of aryl methyl sites for hydroxylation is 1. The lowest BCUT2D eigenvalue weighted by Crippen LogP contribution is -2.22. The number of amides is 1. The summed E-state index contributed by atoms with van der Waals surface area (Å²) in [7, 11) is -0.555. The van der Waals surface area contributed by atoms with Crippen molar-refractivity contribution in [1.82, 2.24) is 24.3 Å². The van der Waals surface area contributed by atoms with Crippen LogP contribution < -0.4 is 5.32 Å². The minimum atomic E-state index is -3.51. The van der Waals surface area contributed by atoms with E-state index in [1.54, 1.807) is 22.3 Å². The SMILES string of the molecule is CN(C)S(=O)(=O)c1ccc2c(c1)nnn2CCCC(=O)Nc1nccs1. The molecule has 0 saturated heterocycles. The van der Waals surface area contributed by atoms with Gasteiger partial charge < -0.3 is 5.32 Å². The molecule has 0 spiro atoms. The van der Waals surface area contributed by atoms with Gasteiger partial charge in [-0.05, 0) is 24.6 Å². The summed E-state index contributed by atoms with van der Waals surface area (Å²) < 4.78 is 27.2. The maximum Gasteiger partial charge on any atom is 0.242 e. The van der Waals surface area contributed by atoms with Crippen LogP contribution in [0.4, 0.5) is 5.13 Å². The molecule has 0 aliphatic rings. The average Bonchev–Trinajstić information content (AvgIpc) is 3.24. The van der Waals surface area contributed by atoms with Crippen LogP contribution in [0.15, 0.2) is 34.7 Å². The van der Waals surface area contributed by atoms with E-state index in [-0.39, 0.29) is 10.8 Å². The molecule has 138 valence electrons. The fraction of sp³-hybridized carbons (Fsp3) is 0.333. The van der Waals surface area contributed by atoms with Crippen molar-refractivity contribution >= 4 is 43.4 Å². The molecule has 1 N–H and O–H groups in total. The Morgan fingerprint density at radius 2 is 2.15 bits per heavy atom. The average molecular weight is 394 g/mol. The number of sulfonamides is 1. The van der Waals surface area contributed by atoms with Crippen LogP contribution in [-0.4, -0.2) is 52.7 Å². The third-order valence-corrected chi connectivity index (χ3v) is 6.22. The van der Waals surface area contributed by atoms with Gasteiger partial charge in [0.05, 0.1) is 10.4 Å². The first kappa shape index (κ1) is 18.4. The van der Waals surface area contributed by atoms with Crippen LogP contribution in [0.25, 0.3) is 11.0 Å². The summed E-state index contributed by atoms with van der Waals surface area (Å²) in [5.74, 6) is -0.108. The zero-order valence-corrected chi connectivity index (χ0v) is 15.9. The van der Waals surface area contributed by atoms with Gasteiger partial charge in [0, 0.05) is 38.6 Å². The molecule has 1 amide bonds. The minimum absolute atomic E-state index is 0.108. The van der Waals surface area contributed by atoms with Crippen molar-refractivity contribution < 1.29 is 13.2 Å². The number of hydrogen-bond acceptors (Lipinski definition) is 7. The first-order valence-electron chi connectivity index (χ1n) is 7.83. The molecule has 9 nitrogen and oxygen atoms in total. The van der Waals surface area contributed by atoms with Gasteiger partial charge >= 0.3 is 0 Å². The number of hydrogen-bond donors (Lipinski definition) is 1. The van der Waals surface area contributed by atoms with Crippen LogP contribution in [0.1, 0.15) is 12.8 Å². The van der Waals surface area contributed by atoms with Crippen LogP contribution >= 0.6 is 11.3 Å². The molecule has 0 atom stereocenters. The second-order valence-corrected chi connectivity index (χ2v) is 8.79. The number of thiazole rings is 1. The molecule has 1 aromatic carbocycles. The first-order valence-corrected chi connectivity index (χ1v) is 10.1. The Hall–Kier alpha value is -2.37. The number of benzene rings is 1. The van der Waals surface area contributed by atoms with E-state index in [2.05, 4.69) is 20.6 Å². The lowest BCUT2D eigenvalue weighted by Gasteiger charge is -2.11. The Bertz CT molecular complexity index is 1010. The second-order valence-electron chi connectivity index (χ2n) is 5.74. The van der Waals surface area contributed by atoms with Crippen molar-refractivity contribution in [3.05, 3.63) is 29.8 Å². The fourth-order valence-electron chi connectivity index (χ4n) is 2.34. The summed E-state index contributed by atoms with van der Waals surface area (Å²) in [6.07, 6.45) is 2.54. The summed E-state index contributed by atoms with van der Waals surface area (Å²) in [6, 6.07) is 4.72. The Labute approximate surface area is 154 Å². The van der Waals surface area contributed by atoms with Crippen LogP contribution in [0.5, 0.6) is 0 Å². The van der Waals surface area contributed by atoms with Crippen LogP contribution in [-0.2, 0) is 21.4 Å². The van der Waals surface area contributed by atoms with E-state index in [9.17, 15) is 13.2 Å². The van der Waals surface area contributed by atoms with Gasteiger partial charge in [-0.1, -0.05) is 5.21 Å². The number of anilines is 1. The van der Waals surface area contributed by atoms with Gasteiger partial charge in [0.1, 0.15) is 5.52 Å². The zero-order chi connectivity index (χ0) is 18.7. The molecule has 11 heteroatoms. The molecule has 0 unspecified atom stereocenters. The summed E-state index contributed by atoms with van der Waals surface area (Å²) in [6.45, 7) is 0.502. The predicted molar refractivity (Wildman–Crippen MR) is 98.4 cm³/mol. The highest BCUT2D eigenvalue weighted by atomic mass is 32.2. The molecule has 2 aromatic heterocycles. The van der Waals surface area contributed by atoms with Crippen molar-refractivity contribution in [2.24, 2.45) is 0 Å². The molecule has 3 rings (SSSR count). The fourth-order valence-corrected chi connectivity index (χ4v) is 3.81. The number of carbonyl (C=O) groups excluding carboxylic acids is 1. The summed E-state index contributed by atoms with van der Waals surface area (Å²) >= 11 is 1.37. The van der Waals surface area contributed by atoms with Gasteiger partial charge in [0.2, 0.25) is 15.9 Å². The zero-order valence-electron chi connectivity index (χ0n) is 14.3. The highest BCUT2D eigenvalue weighted by molar-refractivity contribution is 7.89. The van der Waals surface area contributed by atoms with E-state index in [1.165, 1.54) is 37.6 Å². The lowest BCUT2D eigenvalue weighted by molar-refractivity contribution is -0.116. The Kier molecular flexibility index (Phi) is 5.30. The number of nitrogens with one attached hydrogen (secondary N) is 1. The van der Waals surface area contributed by atoms with Gasteiger partial charge in [0.25, 0.3) is 0 Å². The van der Waals surface area contributed by atoms with Crippen LogP contribution in [0.3, 0.4) is 0 Å². The molecular weight excluding hydrogens is 376 g/mol. The van der Waals surface area contributed by atoms with Gasteiger partial charge in [-0.2, -0.15) is 0 Å². The predicted octanol–water partition coefficient (Wildman–Crippen LogP) is 1.56. The third kappa shape index (κ3) is 3.89. The van der Waals surface area contributed by atoms with Crippen molar-refractivity contribution in [3.63, 3.8) is 0 Å². The van der Waals surface area contributed by atoms with E-state index < -0.39 is 10.0 Å². The van der Waals surface area contributed by atoms with Crippen molar-refractivity contribution in [2.75, 3.05) is 19.4 Å². The normalized spacial score (nSPS) is 12.0. The summed E-state index contributed by atoms with van der Waals surface area (Å²) in [4.78, 5) is 16.0. The Balaban J connectivity index is 1.65. The van der Waals surface area contributed by atoms with E-state index in [4.69, 9.17) is 0 Å². The maximum absolute atomic E-state index is 12.2. The van der Waals surface area contributed by atoms with E-state index >= 15 is 0 Å². The van der Waals surface area contributed by atoms with Crippen molar-refractivity contribution in [3.8, 4) is 0 Å². The maximum atomic E-state index is 12.2. The number of fused-ring (bicyclic) bond motifs is 1. The van der Waals surface area contributed by atoms with Crippen molar-refractivity contribution in [1.29, 1.82) is 0 Å². The van der Waals surface area contributed by atoms with Gasteiger partial charge in [-0.25, -0.2) is 22.4 Å². The van der Waals surface area contributed by atoms with E-state index in [0.29, 0.717) is 30.0 Å². The standard InChI is InChI=1S/C15H18N6O3S2/c1-20(2)26(23,24)11-5-6-13-12(10-11)18-19-21(13)8-3-4-14(22)17-15-16-7-9-25-15/h5-7,9-10H,3-4,8H2,1-2H3,(H,16,17,22). The molecule has 0 aliphatic carbocycles. The third-order valence-electron chi connectivity index (χ3n) is 3.72. The van der Waals surface area contributed by atoms with E-state index in [1.807, 2.05) is 0 Å². The lowest BCUT2D eigenvalue weighted by atomic mass is 10.3. The molecular formula is C15H18N6O3S2. The topological polar surface area (TPSA) is 110 Å². The van der Waals surface area contributed by atoms with E-state index in [0.717, 1.165) is 9.82 Å². The van der Waals surface area contributed by atoms with Gasteiger partial charge in [-0.3, -0.25) is 4.79 Å². The Morgan fingerprint density at radius 3 is 2.85 bits per heavy atom. The van der Waals surface area contributed by atoms with Crippen LogP contribution in [0, 0.1) is 0 Å². The molecule has 3 aromatic rings. The number of nitrogens with zero attached hydrogens (tertiary/aromatic N) is 5. The number of rotatable bonds is 7. The highest BCUT2D eigenvalue weighted by Gasteiger charge is 2.18. The first-order chi connectivity index (χ1) is 12.4. The smallest absolute Gasteiger partial charge is 0.242 e.